The number of carbonyl (C=O) groups excluding carboxylic acids is 1. The number of methoxy groups -OCH3 is 1. The van der Waals surface area contributed by atoms with Gasteiger partial charge in [0.2, 0.25) is 0 Å². The van der Waals surface area contributed by atoms with Crippen LogP contribution in [0.15, 0.2) is 11.4 Å². The molecule has 8 atom stereocenters. The molecule has 0 spiro atoms. The molecule has 0 unspecified atom stereocenters. The van der Waals surface area contributed by atoms with Crippen molar-refractivity contribution in [1.82, 2.24) is 16.0 Å². The van der Waals surface area contributed by atoms with Gasteiger partial charge >= 0.3 is 0 Å². The van der Waals surface area contributed by atoms with Crippen molar-refractivity contribution >= 4 is 5.78 Å². The van der Waals surface area contributed by atoms with Crippen molar-refractivity contribution < 1.29 is 14.6 Å². The molecule has 0 aromatic rings. The SMILES string of the molecule is COC[C@]12CC[C@@](C)(O)C[C@@H]1CC[C@H]1[C@@H]3CC[C@H](C(=O)CN4NC5=C(CCCCCC5)N4)[C@@]3(C)CC[C@@H]12. The van der Waals surface area contributed by atoms with Crippen LogP contribution in [0.4, 0.5) is 0 Å². The lowest BCUT2D eigenvalue weighted by atomic mass is 9.43. The molecule has 37 heavy (non-hydrogen) atoms. The highest BCUT2D eigenvalue weighted by molar-refractivity contribution is 5.84. The molecule has 0 aromatic heterocycles. The summed E-state index contributed by atoms with van der Waals surface area (Å²) in [4.78, 5) is 13.8. The number of hydrazine groups is 2. The summed E-state index contributed by atoms with van der Waals surface area (Å²) in [5, 5.41) is 12.9. The average Bonchev–Trinajstić information content (AvgIpc) is 3.38. The van der Waals surface area contributed by atoms with E-state index in [9.17, 15) is 9.90 Å². The van der Waals surface area contributed by atoms with Crippen LogP contribution in [0.3, 0.4) is 0 Å². The fourth-order valence-corrected chi connectivity index (χ4v) is 10.5. The van der Waals surface area contributed by atoms with Crippen LogP contribution < -0.4 is 10.9 Å². The van der Waals surface area contributed by atoms with E-state index >= 15 is 0 Å². The first-order valence-electron chi connectivity index (χ1n) is 15.5. The Labute approximate surface area is 224 Å². The Morgan fingerprint density at radius 1 is 0.946 bits per heavy atom. The van der Waals surface area contributed by atoms with E-state index in [0.29, 0.717) is 36.0 Å². The molecule has 0 amide bonds. The van der Waals surface area contributed by atoms with E-state index in [1.807, 2.05) is 19.2 Å². The quantitative estimate of drug-likeness (QED) is 0.452. The Morgan fingerprint density at radius 2 is 1.68 bits per heavy atom. The van der Waals surface area contributed by atoms with Crippen molar-refractivity contribution in [2.24, 2.45) is 40.4 Å². The van der Waals surface area contributed by atoms with E-state index < -0.39 is 5.60 Å². The van der Waals surface area contributed by atoms with E-state index in [0.717, 1.165) is 45.1 Å². The van der Waals surface area contributed by atoms with Crippen LogP contribution in [0.5, 0.6) is 0 Å². The van der Waals surface area contributed by atoms with Gasteiger partial charge in [-0.1, -0.05) is 19.8 Å². The number of Topliss-reactive ketones (excluding diaryl/α,β-unsaturated/α-hetero) is 1. The van der Waals surface area contributed by atoms with Crippen LogP contribution in [0, 0.1) is 40.4 Å². The van der Waals surface area contributed by atoms with Gasteiger partial charge in [0, 0.05) is 24.4 Å². The summed E-state index contributed by atoms with van der Waals surface area (Å²) < 4.78 is 5.93. The number of fused-ring (bicyclic) bond motifs is 5. The maximum atomic E-state index is 13.8. The average molecular weight is 514 g/mol. The first kappa shape index (κ1) is 26.1. The van der Waals surface area contributed by atoms with Gasteiger partial charge in [0.25, 0.3) is 0 Å². The van der Waals surface area contributed by atoms with Crippen molar-refractivity contribution in [3.05, 3.63) is 11.4 Å². The molecular weight excluding hydrogens is 462 g/mol. The molecule has 5 aliphatic carbocycles. The standard InChI is InChI=1S/C31H51N3O3/c1-29(36)16-17-31(20-37-3)21(18-29)10-11-22-23-12-13-25(30(23,2)15-14-24(22)31)28(35)19-34-32-26-8-6-4-5-7-9-27(26)33-34/h21-25,32-33,36H,4-20H2,1-3H3/t21-,22-,23-,24-,25+,29+,30-,31+/m0/s1. The number of rotatable bonds is 5. The van der Waals surface area contributed by atoms with Gasteiger partial charge in [0.15, 0.2) is 5.78 Å². The zero-order valence-electron chi connectivity index (χ0n) is 23.6. The van der Waals surface area contributed by atoms with Gasteiger partial charge in [-0.25, -0.2) is 0 Å². The summed E-state index contributed by atoms with van der Waals surface area (Å²) in [6.45, 7) is 5.80. The first-order valence-corrected chi connectivity index (χ1v) is 15.5. The monoisotopic (exact) mass is 513 g/mol. The fraction of sp³-hybridized carbons (Fsp3) is 0.903. The third kappa shape index (κ3) is 4.47. The minimum absolute atomic E-state index is 0.126. The molecule has 6 aliphatic rings. The number of ketones is 1. The predicted octanol–water partition coefficient (Wildman–Crippen LogP) is 5.48. The molecule has 208 valence electrons. The maximum absolute atomic E-state index is 13.8. The van der Waals surface area contributed by atoms with Gasteiger partial charge in [-0.15, -0.1) is 5.12 Å². The van der Waals surface area contributed by atoms with Crippen molar-refractivity contribution in [2.45, 2.75) is 116 Å². The fourth-order valence-electron chi connectivity index (χ4n) is 10.5. The Morgan fingerprint density at radius 3 is 2.38 bits per heavy atom. The third-order valence-corrected chi connectivity index (χ3v) is 12.3. The molecule has 1 heterocycles. The second-order valence-corrected chi connectivity index (χ2v) is 14.3. The topological polar surface area (TPSA) is 73.8 Å². The maximum Gasteiger partial charge on any atom is 0.154 e. The van der Waals surface area contributed by atoms with E-state index in [1.165, 1.54) is 69.2 Å². The molecule has 6 nitrogen and oxygen atoms in total. The summed E-state index contributed by atoms with van der Waals surface area (Å²) in [5.74, 6) is 3.20. The second-order valence-electron chi connectivity index (χ2n) is 14.3. The van der Waals surface area contributed by atoms with Crippen molar-refractivity contribution in [1.29, 1.82) is 0 Å². The normalized spacial score (nSPS) is 46.0. The second kappa shape index (κ2) is 9.82. The number of hydrogen-bond acceptors (Lipinski definition) is 6. The summed E-state index contributed by atoms with van der Waals surface area (Å²) in [6.07, 6.45) is 17.3. The van der Waals surface area contributed by atoms with Crippen molar-refractivity contribution in [3.63, 3.8) is 0 Å². The van der Waals surface area contributed by atoms with Crippen LogP contribution in [0.2, 0.25) is 0 Å². The number of hydrogen-bond donors (Lipinski definition) is 3. The highest BCUT2D eigenvalue weighted by Crippen LogP contribution is 2.68. The third-order valence-electron chi connectivity index (χ3n) is 12.3. The molecule has 0 bridgehead atoms. The Kier molecular flexibility index (Phi) is 6.93. The molecular formula is C31H51N3O3. The summed E-state index contributed by atoms with van der Waals surface area (Å²) in [6, 6.07) is 0. The summed E-state index contributed by atoms with van der Waals surface area (Å²) in [7, 11) is 1.87. The van der Waals surface area contributed by atoms with Gasteiger partial charge in [-0.05, 0) is 125 Å². The van der Waals surface area contributed by atoms with E-state index in [1.54, 1.807) is 0 Å². The number of aliphatic hydroxyl groups is 1. The van der Waals surface area contributed by atoms with Crippen molar-refractivity contribution in [2.75, 3.05) is 20.3 Å². The highest BCUT2D eigenvalue weighted by Gasteiger charge is 2.63. The molecule has 1 aliphatic heterocycles. The first-order chi connectivity index (χ1) is 17.8. The lowest BCUT2D eigenvalue weighted by Gasteiger charge is -2.62. The Balaban J connectivity index is 1.15. The molecule has 0 radical (unpaired) electrons. The van der Waals surface area contributed by atoms with Crippen LogP contribution in [0.25, 0.3) is 0 Å². The number of allylic oxidation sites excluding steroid dienone is 2. The molecule has 6 heteroatoms. The highest BCUT2D eigenvalue weighted by atomic mass is 16.5. The van der Waals surface area contributed by atoms with Crippen LogP contribution in [-0.4, -0.2) is 41.9 Å². The van der Waals surface area contributed by atoms with Crippen LogP contribution in [-0.2, 0) is 9.53 Å². The number of carbonyl (C=O) groups is 1. The number of nitrogens with zero attached hydrogens (tertiary/aromatic N) is 1. The van der Waals surface area contributed by atoms with Crippen molar-refractivity contribution in [3.8, 4) is 0 Å². The van der Waals surface area contributed by atoms with Gasteiger partial charge in [0.1, 0.15) is 0 Å². The minimum atomic E-state index is -0.521. The van der Waals surface area contributed by atoms with Crippen LogP contribution >= 0.6 is 0 Å². The van der Waals surface area contributed by atoms with Gasteiger partial charge in [-0.2, -0.15) is 0 Å². The zero-order valence-corrected chi connectivity index (χ0v) is 23.6. The van der Waals surface area contributed by atoms with Gasteiger partial charge in [0.05, 0.1) is 18.8 Å². The Hall–Kier alpha value is -1.11. The lowest BCUT2D eigenvalue weighted by Crippen LogP contribution is -2.58. The summed E-state index contributed by atoms with van der Waals surface area (Å²) >= 11 is 0. The zero-order chi connectivity index (χ0) is 25.8. The molecule has 0 aromatic carbocycles. The smallest absolute Gasteiger partial charge is 0.154 e. The molecule has 4 fully saturated rings. The van der Waals surface area contributed by atoms with E-state index in [4.69, 9.17) is 4.74 Å². The predicted molar refractivity (Wildman–Crippen MR) is 145 cm³/mol. The number of nitrogens with one attached hydrogen (secondary N) is 2. The van der Waals surface area contributed by atoms with E-state index in [-0.39, 0.29) is 16.7 Å². The van der Waals surface area contributed by atoms with Gasteiger partial charge < -0.3 is 20.7 Å². The molecule has 4 saturated carbocycles. The minimum Gasteiger partial charge on any atom is -0.390 e. The molecule has 0 saturated heterocycles. The lowest BCUT2D eigenvalue weighted by molar-refractivity contribution is -0.175. The van der Waals surface area contributed by atoms with E-state index in [2.05, 4.69) is 17.8 Å². The Bertz CT molecular complexity index is 897. The number of ether oxygens (including phenoxy) is 1. The van der Waals surface area contributed by atoms with Gasteiger partial charge in [-0.3, -0.25) is 4.79 Å². The summed E-state index contributed by atoms with van der Waals surface area (Å²) in [5.41, 5.74) is 9.55. The largest absolute Gasteiger partial charge is 0.390 e. The van der Waals surface area contributed by atoms with Crippen LogP contribution in [0.1, 0.15) is 110 Å². The molecule has 6 rings (SSSR count). The molecule has 3 N–H and O–H groups in total.